The highest BCUT2D eigenvalue weighted by Gasteiger charge is 2.32. The van der Waals surface area contributed by atoms with Gasteiger partial charge in [-0.05, 0) is 30.7 Å². The Kier molecular flexibility index (Phi) is 5.11. The van der Waals surface area contributed by atoms with E-state index in [-0.39, 0.29) is 11.9 Å². The summed E-state index contributed by atoms with van der Waals surface area (Å²) in [5.74, 6) is 0.828. The molecule has 1 amide bonds. The molecule has 3 heterocycles. The SMILES string of the molecule is CC(NC(=O)c1[nH]c([NH+]2CCOCC2)[n+]2ccccc12)c1ccccc1Cl. The van der Waals surface area contributed by atoms with Gasteiger partial charge in [-0.2, -0.15) is 4.98 Å². The second kappa shape index (κ2) is 7.68. The molecule has 1 saturated heterocycles. The molecule has 0 saturated carbocycles. The molecule has 1 aliphatic rings. The molecule has 3 aromatic rings. The van der Waals surface area contributed by atoms with E-state index >= 15 is 0 Å². The molecule has 27 heavy (non-hydrogen) atoms. The third-order valence-electron chi connectivity index (χ3n) is 4.98. The highest BCUT2D eigenvalue weighted by molar-refractivity contribution is 6.31. The summed E-state index contributed by atoms with van der Waals surface area (Å²) < 4.78 is 7.52. The Morgan fingerprint density at radius 3 is 2.74 bits per heavy atom. The van der Waals surface area contributed by atoms with Crippen LogP contribution in [-0.2, 0) is 4.74 Å². The van der Waals surface area contributed by atoms with E-state index in [1.165, 1.54) is 4.90 Å². The lowest BCUT2D eigenvalue weighted by Crippen LogP contribution is -3.11. The number of carbonyl (C=O) groups is 1. The fourth-order valence-corrected chi connectivity index (χ4v) is 3.84. The molecular formula is C20H23ClN4O2+2. The molecule has 1 unspecified atom stereocenters. The van der Waals surface area contributed by atoms with Crippen LogP contribution in [0.2, 0.25) is 5.02 Å². The standard InChI is InChI=1S/C20H21ClN4O2/c1-14(15-6-2-3-7-16(15)21)22-19(26)18-17-8-4-5-9-25(17)20(23-18)24-10-12-27-13-11-24/h2-9,14H,10-13H2,1H3,(H,22,26)/p+2. The first-order valence-electron chi connectivity index (χ1n) is 9.15. The number of hydrogen-bond donors (Lipinski definition) is 3. The minimum Gasteiger partial charge on any atom is -0.370 e. The van der Waals surface area contributed by atoms with Gasteiger partial charge in [-0.25, -0.2) is 4.90 Å². The molecule has 140 valence electrons. The van der Waals surface area contributed by atoms with Gasteiger partial charge in [0.15, 0.2) is 5.52 Å². The molecule has 1 atom stereocenters. The topological polar surface area (TPSA) is 62.7 Å². The van der Waals surface area contributed by atoms with Crippen molar-refractivity contribution in [2.45, 2.75) is 13.0 Å². The summed E-state index contributed by atoms with van der Waals surface area (Å²) in [7, 11) is 0. The maximum Gasteiger partial charge on any atom is 0.457 e. The minimum absolute atomic E-state index is 0.148. The highest BCUT2D eigenvalue weighted by atomic mass is 35.5. The number of carbonyl (C=O) groups excluding carboxylic acids is 1. The van der Waals surface area contributed by atoms with E-state index in [4.69, 9.17) is 16.3 Å². The van der Waals surface area contributed by atoms with Gasteiger partial charge in [0.1, 0.15) is 19.3 Å². The summed E-state index contributed by atoms with van der Waals surface area (Å²) >= 11 is 6.27. The van der Waals surface area contributed by atoms with E-state index in [0.717, 1.165) is 30.1 Å². The first-order chi connectivity index (χ1) is 13.1. The molecule has 7 heteroatoms. The molecule has 1 fully saturated rings. The van der Waals surface area contributed by atoms with E-state index in [9.17, 15) is 4.79 Å². The quantitative estimate of drug-likeness (QED) is 0.594. The molecule has 0 bridgehead atoms. The van der Waals surface area contributed by atoms with Gasteiger partial charge in [-0.3, -0.25) is 4.79 Å². The number of morpholine rings is 1. The van der Waals surface area contributed by atoms with Crippen molar-refractivity contribution in [3.8, 4) is 0 Å². The van der Waals surface area contributed by atoms with Crippen molar-refractivity contribution in [1.29, 1.82) is 0 Å². The lowest BCUT2D eigenvalue weighted by atomic mass is 10.1. The normalized spacial score (nSPS) is 16.4. The van der Waals surface area contributed by atoms with Crippen LogP contribution < -0.4 is 14.6 Å². The third-order valence-corrected chi connectivity index (χ3v) is 5.32. The Bertz CT molecular complexity index is 966. The van der Waals surface area contributed by atoms with Crippen molar-refractivity contribution in [3.05, 3.63) is 64.9 Å². The zero-order valence-corrected chi connectivity index (χ0v) is 15.9. The second-order valence-electron chi connectivity index (χ2n) is 6.74. The number of aromatic amines is 1. The van der Waals surface area contributed by atoms with Gasteiger partial charge < -0.3 is 10.1 Å². The number of aromatic nitrogens is 2. The van der Waals surface area contributed by atoms with E-state index in [1.54, 1.807) is 0 Å². The van der Waals surface area contributed by atoms with Gasteiger partial charge in [-0.15, -0.1) is 4.40 Å². The number of benzene rings is 1. The van der Waals surface area contributed by atoms with Gasteiger partial charge in [0.2, 0.25) is 5.69 Å². The van der Waals surface area contributed by atoms with Crippen LogP contribution in [0.1, 0.15) is 29.0 Å². The summed E-state index contributed by atoms with van der Waals surface area (Å²) in [6.07, 6.45) is 1.98. The van der Waals surface area contributed by atoms with Crippen molar-refractivity contribution < 1.29 is 18.8 Å². The molecule has 0 spiro atoms. The summed E-state index contributed by atoms with van der Waals surface area (Å²) in [6.45, 7) is 5.11. The van der Waals surface area contributed by atoms with Gasteiger partial charge >= 0.3 is 5.95 Å². The number of nitrogens with one attached hydrogen (secondary N) is 3. The van der Waals surface area contributed by atoms with Crippen molar-refractivity contribution in [2.75, 3.05) is 26.3 Å². The predicted molar refractivity (Wildman–Crippen MR) is 102 cm³/mol. The Morgan fingerprint density at radius 2 is 1.96 bits per heavy atom. The predicted octanol–water partition coefficient (Wildman–Crippen LogP) is 1.44. The highest BCUT2D eigenvalue weighted by Crippen LogP contribution is 2.22. The molecule has 3 N–H and O–H groups in total. The monoisotopic (exact) mass is 386 g/mol. The van der Waals surface area contributed by atoms with E-state index in [1.807, 2.05) is 55.6 Å². The van der Waals surface area contributed by atoms with E-state index < -0.39 is 0 Å². The number of halogens is 1. The minimum atomic E-state index is -0.197. The Morgan fingerprint density at radius 1 is 1.22 bits per heavy atom. The number of ether oxygens (including phenoxy) is 1. The van der Waals surface area contributed by atoms with Gasteiger partial charge in [-0.1, -0.05) is 35.9 Å². The lowest BCUT2D eigenvalue weighted by Gasteiger charge is -2.18. The zero-order valence-electron chi connectivity index (χ0n) is 15.2. The molecular weight excluding hydrogens is 364 g/mol. The Balaban J connectivity index is 1.65. The number of hydrogen-bond acceptors (Lipinski definition) is 2. The van der Waals surface area contributed by atoms with Crippen LogP contribution in [0.5, 0.6) is 0 Å². The van der Waals surface area contributed by atoms with Gasteiger partial charge in [0.05, 0.1) is 19.3 Å². The molecule has 4 rings (SSSR count). The smallest absolute Gasteiger partial charge is 0.370 e. The molecule has 0 aliphatic carbocycles. The van der Waals surface area contributed by atoms with Crippen LogP contribution in [0.3, 0.4) is 0 Å². The first kappa shape index (κ1) is 18.0. The second-order valence-corrected chi connectivity index (χ2v) is 7.14. The maximum atomic E-state index is 13.0. The lowest BCUT2D eigenvalue weighted by molar-refractivity contribution is -0.889. The van der Waals surface area contributed by atoms with Gasteiger partial charge in [0.25, 0.3) is 5.91 Å². The number of amides is 1. The molecule has 0 radical (unpaired) electrons. The third kappa shape index (κ3) is 3.56. The van der Waals surface area contributed by atoms with Crippen LogP contribution in [0.25, 0.3) is 5.52 Å². The Hall–Kier alpha value is -2.41. The number of quaternary nitrogens is 1. The molecule has 6 nitrogen and oxygen atoms in total. The zero-order chi connectivity index (χ0) is 18.8. The summed E-state index contributed by atoms with van der Waals surface area (Å²) in [6, 6.07) is 13.2. The average molecular weight is 387 g/mol. The van der Waals surface area contributed by atoms with Crippen LogP contribution in [0, 0.1) is 0 Å². The van der Waals surface area contributed by atoms with Crippen molar-refractivity contribution >= 4 is 29.0 Å². The first-order valence-corrected chi connectivity index (χ1v) is 9.53. The summed E-state index contributed by atoms with van der Waals surface area (Å²) in [4.78, 5) is 17.7. The molecule has 2 aromatic heterocycles. The number of pyridine rings is 1. The Labute approximate surface area is 162 Å². The number of rotatable bonds is 4. The number of imidazole rings is 1. The van der Waals surface area contributed by atoms with Crippen LogP contribution in [-0.4, -0.2) is 37.2 Å². The summed E-state index contributed by atoms with van der Waals surface area (Å²) in [5.41, 5.74) is 2.31. The van der Waals surface area contributed by atoms with Crippen molar-refractivity contribution in [3.63, 3.8) is 0 Å². The van der Waals surface area contributed by atoms with Crippen molar-refractivity contribution in [2.24, 2.45) is 0 Å². The molecule has 1 aromatic carbocycles. The van der Waals surface area contributed by atoms with Crippen LogP contribution in [0.4, 0.5) is 5.95 Å². The fourth-order valence-electron chi connectivity index (χ4n) is 3.54. The maximum absolute atomic E-state index is 13.0. The largest absolute Gasteiger partial charge is 0.457 e. The fraction of sp³-hybridized carbons (Fsp3) is 0.300. The average Bonchev–Trinajstić information content (AvgIpc) is 3.09. The molecule has 1 aliphatic heterocycles. The van der Waals surface area contributed by atoms with Crippen LogP contribution in [0.15, 0.2) is 48.7 Å². The van der Waals surface area contributed by atoms with Crippen molar-refractivity contribution in [1.82, 2.24) is 10.3 Å². The van der Waals surface area contributed by atoms with E-state index in [2.05, 4.69) is 14.7 Å². The number of H-pyrrole nitrogens is 1. The van der Waals surface area contributed by atoms with E-state index in [0.29, 0.717) is 23.9 Å². The van der Waals surface area contributed by atoms with Crippen LogP contribution >= 0.6 is 11.6 Å². The summed E-state index contributed by atoms with van der Waals surface area (Å²) in [5, 5.41) is 3.71. The number of nitrogens with zero attached hydrogens (tertiary/aromatic N) is 1. The van der Waals surface area contributed by atoms with Gasteiger partial charge in [0, 0.05) is 5.02 Å². The number of fused-ring (bicyclic) bond motifs is 1.